The van der Waals surface area contributed by atoms with Crippen LogP contribution in [-0.2, 0) is 14.3 Å². The van der Waals surface area contributed by atoms with Crippen molar-refractivity contribution in [2.75, 3.05) is 19.7 Å². The van der Waals surface area contributed by atoms with Crippen LogP contribution in [0.2, 0.25) is 0 Å². The molecule has 0 bridgehead atoms. The summed E-state index contributed by atoms with van der Waals surface area (Å²) >= 11 is 0. The Morgan fingerprint density at radius 3 is 2.46 bits per heavy atom. The highest BCUT2D eigenvalue weighted by Crippen LogP contribution is 2.51. The second kappa shape index (κ2) is 7.30. The van der Waals surface area contributed by atoms with Gasteiger partial charge in [0.1, 0.15) is 5.60 Å². The summed E-state index contributed by atoms with van der Waals surface area (Å²) in [7, 11) is 0. The summed E-state index contributed by atoms with van der Waals surface area (Å²) in [4.78, 5) is 24.2. The maximum absolute atomic E-state index is 12.5. The van der Waals surface area contributed by atoms with Crippen LogP contribution in [0.3, 0.4) is 0 Å². The Hall–Kier alpha value is -1.30. The van der Waals surface area contributed by atoms with Crippen molar-refractivity contribution in [3.05, 3.63) is 0 Å². The van der Waals surface area contributed by atoms with E-state index < -0.39 is 11.7 Å². The van der Waals surface area contributed by atoms with Crippen molar-refractivity contribution in [3.8, 4) is 0 Å². The first-order valence-electron chi connectivity index (χ1n) is 8.99. The molecule has 2 rings (SSSR count). The molecule has 0 radical (unpaired) electrons. The molecule has 0 aromatic rings. The molecule has 138 valence electrons. The van der Waals surface area contributed by atoms with E-state index in [-0.39, 0.29) is 17.9 Å². The lowest BCUT2D eigenvalue weighted by Gasteiger charge is -2.24. The van der Waals surface area contributed by atoms with Gasteiger partial charge in [0.25, 0.3) is 0 Å². The highest BCUT2D eigenvalue weighted by Gasteiger charge is 2.46. The number of amides is 2. The van der Waals surface area contributed by atoms with Crippen molar-refractivity contribution in [3.63, 3.8) is 0 Å². The summed E-state index contributed by atoms with van der Waals surface area (Å²) in [5.41, 5.74) is -0.244. The van der Waals surface area contributed by atoms with Crippen LogP contribution in [0.25, 0.3) is 0 Å². The summed E-state index contributed by atoms with van der Waals surface area (Å²) in [6.07, 6.45) is 2.31. The van der Waals surface area contributed by atoms with Gasteiger partial charge in [-0.15, -0.1) is 0 Å². The number of nitrogens with one attached hydrogen (secondary N) is 2. The van der Waals surface area contributed by atoms with E-state index in [2.05, 4.69) is 24.5 Å². The molecule has 6 nitrogen and oxygen atoms in total. The summed E-state index contributed by atoms with van der Waals surface area (Å²) in [6.45, 7) is 11.5. The van der Waals surface area contributed by atoms with Crippen LogP contribution in [-0.4, -0.2) is 43.4 Å². The van der Waals surface area contributed by atoms with Gasteiger partial charge in [-0.2, -0.15) is 0 Å². The fourth-order valence-electron chi connectivity index (χ4n) is 3.16. The topological polar surface area (TPSA) is 76.7 Å². The molecule has 2 fully saturated rings. The Kier molecular flexibility index (Phi) is 5.78. The van der Waals surface area contributed by atoms with Crippen LogP contribution in [0.4, 0.5) is 4.79 Å². The number of carbonyl (C=O) groups is 2. The minimum atomic E-state index is -0.535. The van der Waals surface area contributed by atoms with Gasteiger partial charge < -0.3 is 20.1 Å². The average molecular weight is 340 g/mol. The minimum absolute atomic E-state index is 0.0374. The first kappa shape index (κ1) is 19.0. The molecular formula is C18H32N2O4. The van der Waals surface area contributed by atoms with E-state index in [0.717, 1.165) is 6.54 Å². The SMILES string of the molecule is CC(C)C1(CNC(=O)C2CCOC2CNC(=O)OC(C)(C)C)CC1. The number of alkyl carbamates (subject to hydrolysis) is 1. The molecule has 2 atom stereocenters. The molecule has 0 aromatic carbocycles. The third kappa shape index (κ3) is 5.10. The van der Waals surface area contributed by atoms with Crippen LogP contribution in [0.1, 0.15) is 53.9 Å². The Bertz CT molecular complexity index is 466. The third-order valence-electron chi connectivity index (χ3n) is 5.12. The Balaban J connectivity index is 1.77. The van der Waals surface area contributed by atoms with Gasteiger partial charge in [0.2, 0.25) is 5.91 Å². The van der Waals surface area contributed by atoms with Crippen molar-refractivity contribution in [1.82, 2.24) is 10.6 Å². The van der Waals surface area contributed by atoms with Crippen molar-refractivity contribution in [1.29, 1.82) is 0 Å². The number of carbonyl (C=O) groups excluding carboxylic acids is 2. The fraction of sp³-hybridized carbons (Fsp3) is 0.889. The van der Waals surface area contributed by atoms with Crippen LogP contribution >= 0.6 is 0 Å². The summed E-state index contributed by atoms with van der Waals surface area (Å²) in [6, 6.07) is 0. The average Bonchev–Trinajstić information content (AvgIpc) is 3.11. The molecule has 0 aromatic heterocycles. The molecule has 0 spiro atoms. The fourth-order valence-corrected chi connectivity index (χ4v) is 3.16. The van der Waals surface area contributed by atoms with E-state index in [0.29, 0.717) is 30.9 Å². The molecule has 6 heteroatoms. The quantitative estimate of drug-likeness (QED) is 0.779. The lowest BCUT2D eigenvalue weighted by atomic mass is 9.92. The molecule has 1 aliphatic carbocycles. The molecule has 2 amide bonds. The number of ether oxygens (including phenoxy) is 2. The molecule has 2 N–H and O–H groups in total. The number of hydrogen-bond donors (Lipinski definition) is 2. The molecule has 1 heterocycles. The normalized spacial score (nSPS) is 25.4. The zero-order valence-electron chi connectivity index (χ0n) is 15.6. The van der Waals surface area contributed by atoms with Gasteiger partial charge >= 0.3 is 6.09 Å². The summed E-state index contributed by atoms with van der Waals surface area (Å²) < 4.78 is 10.8. The van der Waals surface area contributed by atoms with Gasteiger partial charge in [-0.05, 0) is 51.4 Å². The number of hydrogen-bond acceptors (Lipinski definition) is 4. The molecule has 1 aliphatic heterocycles. The summed E-state index contributed by atoms with van der Waals surface area (Å²) in [5.74, 6) is 0.417. The standard InChI is InChI=1S/C18H32N2O4/c1-12(2)18(7-8-18)11-20-15(21)13-6-9-23-14(13)10-19-16(22)24-17(3,4)5/h12-14H,6-11H2,1-5H3,(H,19,22)(H,20,21). The van der Waals surface area contributed by atoms with Gasteiger partial charge in [-0.25, -0.2) is 4.79 Å². The highest BCUT2D eigenvalue weighted by molar-refractivity contribution is 5.79. The highest BCUT2D eigenvalue weighted by atomic mass is 16.6. The Morgan fingerprint density at radius 2 is 1.92 bits per heavy atom. The second-order valence-electron chi connectivity index (χ2n) is 8.42. The third-order valence-corrected chi connectivity index (χ3v) is 5.12. The van der Waals surface area contributed by atoms with E-state index in [9.17, 15) is 9.59 Å². The summed E-state index contributed by atoms with van der Waals surface area (Å²) in [5, 5.41) is 5.80. The van der Waals surface area contributed by atoms with Gasteiger partial charge in [-0.1, -0.05) is 13.8 Å². The first-order chi connectivity index (χ1) is 11.1. The molecule has 2 unspecified atom stereocenters. The van der Waals surface area contributed by atoms with Gasteiger partial charge in [-0.3, -0.25) is 4.79 Å². The van der Waals surface area contributed by atoms with Gasteiger partial charge in [0.05, 0.1) is 12.0 Å². The predicted molar refractivity (Wildman–Crippen MR) is 91.6 cm³/mol. The second-order valence-corrected chi connectivity index (χ2v) is 8.42. The maximum atomic E-state index is 12.5. The molecule has 1 saturated carbocycles. The van der Waals surface area contributed by atoms with E-state index in [1.807, 2.05) is 20.8 Å². The van der Waals surface area contributed by atoms with Crippen LogP contribution < -0.4 is 10.6 Å². The Morgan fingerprint density at radius 1 is 1.25 bits per heavy atom. The predicted octanol–water partition coefficient (Wildman–Crippen LogP) is 2.47. The van der Waals surface area contributed by atoms with Crippen molar-refractivity contribution < 1.29 is 19.1 Å². The minimum Gasteiger partial charge on any atom is -0.444 e. The monoisotopic (exact) mass is 340 g/mol. The zero-order valence-corrected chi connectivity index (χ0v) is 15.6. The van der Waals surface area contributed by atoms with Crippen LogP contribution in [0, 0.1) is 17.3 Å². The van der Waals surface area contributed by atoms with E-state index in [1.54, 1.807) is 0 Å². The Labute approximate surface area is 145 Å². The van der Waals surface area contributed by atoms with Crippen molar-refractivity contribution in [2.45, 2.75) is 65.6 Å². The van der Waals surface area contributed by atoms with E-state index in [4.69, 9.17) is 9.47 Å². The molecular weight excluding hydrogens is 308 g/mol. The van der Waals surface area contributed by atoms with Crippen LogP contribution in [0.5, 0.6) is 0 Å². The van der Waals surface area contributed by atoms with Crippen molar-refractivity contribution >= 4 is 12.0 Å². The zero-order chi connectivity index (χ0) is 18.0. The lowest BCUT2D eigenvalue weighted by molar-refractivity contribution is -0.127. The number of rotatable bonds is 6. The first-order valence-corrected chi connectivity index (χ1v) is 8.99. The van der Waals surface area contributed by atoms with Gasteiger partial charge in [0, 0.05) is 19.7 Å². The maximum Gasteiger partial charge on any atom is 0.407 e. The molecule has 2 aliphatic rings. The lowest BCUT2D eigenvalue weighted by Crippen LogP contribution is -2.44. The van der Waals surface area contributed by atoms with E-state index in [1.165, 1.54) is 12.8 Å². The van der Waals surface area contributed by atoms with Gasteiger partial charge in [0.15, 0.2) is 0 Å². The smallest absolute Gasteiger partial charge is 0.407 e. The molecule has 24 heavy (non-hydrogen) atoms. The molecule has 1 saturated heterocycles. The largest absolute Gasteiger partial charge is 0.444 e. The van der Waals surface area contributed by atoms with E-state index >= 15 is 0 Å². The van der Waals surface area contributed by atoms with Crippen LogP contribution in [0.15, 0.2) is 0 Å². The van der Waals surface area contributed by atoms with Crippen molar-refractivity contribution in [2.24, 2.45) is 17.3 Å².